The van der Waals surface area contributed by atoms with E-state index in [1.54, 1.807) is 82.8 Å². The van der Waals surface area contributed by atoms with Gasteiger partial charge in [-0.2, -0.15) is 0 Å². The maximum Gasteiger partial charge on any atom is 0.419 e. The van der Waals surface area contributed by atoms with E-state index in [1.807, 2.05) is 6.07 Å². The zero-order valence-electron chi connectivity index (χ0n) is 28.2. The third-order valence-electron chi connectivity index (χ3n) is 7.71. The van der Waals surface area contributed by atoms with Crippen LogP contribution in [0, 0.1) is 0 Å². The van der Waals surface area contributed by atoms with Crippen molar-refractivity contribution in [3.63, 3.8) is 0 Å². The van der Waals surface area contributed by atoms with E-state index in [9.17, 15) is 37.4 Å². The quantitative estimate of drug-likeness (QED) is 0.221. The van der Waals surface area contributed by atoms with E-state index in [0.717, 1.165) is 16.7 Å². The van der Waals surface area contributed by atoms with Gasteiger partial charge in [-0.05, 0) is 78.0 Å². The van der Waals surface area contributed by atoms with Gasteiger partial charge in [0.1, 0.15) is 11.2 Å². The molecule has 14 heteroatoms. The number of sulfone groups is 1. The first-order valence-corrected chi connectivity index (χ1v) is 19.2. The Labute approximate surface area is 277 Å². The molecule has 2 aromatic rings. The van der Waals surface area contributed by atoms with Crippen molar-refractivity contribution in [1.29, 1.82) is 0 Å². The van der Waals surface area contributed by atoms with Crippen LogP contribution in [0.25, 0.3) is 11.1 Å². The fourth-order valence-corrected chi connectivity index (χ4v) is 8.63. The molecule has 1 aliphatic rings. The first-order chi connectivity index (χ1) is 21.6. The zero-order chi connectivity index (χ0) is 35.4. The average Bonchev–Trinajstić information content (AvgIpc) is 2.92. The van der Waals surface area contributed by atoms with E-state index < -0.39 is 51.7 Å². The van der Waals surface area contributed by atoms with Crippen LogP contribution in [0.1, 0.15) is 66.4 Å². The van der Waals surface area contributed by atoms with Crippen LogP contribution in [0.3, 0.4) is 0 Å². The van der Waals surface area contributed by atoms with Gasteiger partial charge in [0.25, 0.3) is 0 Å². The molecule has 2 N–H and O–H groups in total. The molecule has 2 atom stereocenters. The van der Waals surface area contributed by atoms with Crippen molar-refractivity contribution in [1.82, 2.24) is 9.80 Å². The molecule has 47 heavy (non-hydrogen) atoms. The Morgan fingerprint density at radius 1 is 0.915 bits per heavy atom. The number of aliphatic carboxylic acids is 1. The minimum absolute atomic E-state index is 0.116. The van der Waals surface area contributed by atoms with Crippen molar-refractivity contribution in [3.8, 4) is 11.1 Å². The molecular formula is C33H47N2O10PS. The number of hydrogen-bond donors (Lipinski definition) is 2. The molecule has 0 radical (unpaired) electrons. The number of nitrogens with zero attached hydrogens (tertiary/aromatic N) is 2. The normalized spacial score (nSPS) is 20.8. The molecule has 1 heterocycles. The van der Waals surface area contributed by atoms with E-state index in [1.165, 1.54) is 6.07 Å². The highest BCUT2D eigenvalue weighted by atomic mass is 32.2. The maximum absolute atomic E-state index is 13.6. The summed E-state index contributed by atoms with van der Waals surface area (Å²) in [6.07, 6.45) is -0.853. The fourth-order valence-electron chi connectivity index (χ4n) is 5.52. The van der Waals surface area contributed by atoms with E-state index in [-0.39, 0.29) is 56.5 Å². The highest BCUT2D eigenvalue weighted by Crippen LogP contribution is 2.59. The summed E-state index contributed by atoms with van der Waals surface area (Å²) in [5.74, 6) is -1.40. The van der Waals surface area contributed by atoms with Gasteiger partial charge in [-0.25, -0.2) is 22.9 Å². The Hall–Kier alpha value is -3.25. The third-order valence-corrected chi connectivity index (χ3v) is 11.6. The Kier molecular flexibility index (Phi) is 11.8. The van der Waals surface area contributed by atoms with Crippen molar-refractivity contribution < 1.29 is 46.8 Å². The van der Waals surface area contributed by atoms with E-state index >= 15 is 0 Å². The molecule has 0 aromatic heterocycles. The van der Waals surface area contributed by atoms with Gasteiger partial charge in [-0.3, -0.25) is 14.3 Å². The second-order valence-electron chi connectivity index (χ2n) is 14.0. The van der Waals surface area contributed by atoms with Gasteiger partial charge in [0.2, 0.25) is 7.37 Å². The molecular weight excluding hydrogens is 647 g/mol. The van der Waals surface area contributed by atoms with Crippen LogP contribution >= 0.6 is 7.37 Å². The lowest BCUT2D eigenvalue weighted by Gasteiger charge is -2.43. The number of benzene rings is 2. The molecule has 2 amide bonds. The summed E-state index contributed by atoms with van der Waals surface area (Å²) in [6.45, 7) is 9.96. The number of carbonyl (C=O) groups excluding carboxylic acids is 2. The predicted octanol–water partition coefficient (Wildman–Crippen LogP) is 6.01. The minimum atomic E-state index is -4.20. The molecule has 2 aromatic carbocycles. The van der Waals surface area contributed by atoms with E-state index in [0.29, 0.717) is 11.1 Å². The summed E-state index contributed by atoms with van der Waals surface area (Å²) < 4.78 is 49.4. The van der Waals surface area contributed by atoms with Crippen LogP contribution in [-0.2, 0) is 35.2 Å². The van der Waals surface area contributed by atoms with Gasteiger partial charge in [-0.1, -0.05) is 42.5 Å². The van der Waals surface area contributed by atoms with Crippen molar-refractivity contribution in [2.24, 2.45) is 0 Å². The van der Waals surface area contributed by atoms with Gasteiger partial charge in [-0.15, -0.1) is 0 Å². The molecule has 0 bridgehead atoms. The van der Waals surface area contributed by atoms with Crippen molar-refractivity contribution in [2.75, 3.05) is 32.1 Å². The summed E-state index contributed by atoms with van der Waals surface area (Å²) >= 11 is 0. The average molecular weight is 695 g/mol. The topological polar surface area (TPSA) is 168 Å². The third kappa shape index (κ3) is 9.88. The summed E-state index contributed by atoms with van der Waals surface area (Å²) in [6, 6.07) is 13.8. The first-order valence-electron chi connectivity index (χ1n) is 15.4. The van der Waals surface area contributed by atoms with Crippen LogP contribution in [0.2, 0.25) is 0 Å². The fraction of sp³-hybridized carbons (Fsp3) is 0.545. The molecule has 1 aliphatic heterocycles. The SMILES string of the molecule is CC(C)(C)OC(=O)N(CCCC[C@@]1(C(=O)O)CN(Cc2ccccc2-c2ccccc2S(C)(=O)=O)CCP1(=O)O)C(=O)OC(C)(C)C. The molecule has 0 saturated carbocycles. The van der Waals surface area contributed by atoms with Gasteiger partial charge < -0.3 is 19.5 Å². The van der Waals surface area contributed by atoms with Crippen molar-refractivity contribution in [2.45, 2.75) is 88.6 Å². The lowest BCUT2D eigenvalue weighted by atomic mass is 9.97. The molecule has 260 valence electrons. The molecule has 3 rings (SSSR count). The summed E-state index contributed by atoms with van der Waals surface area (Å²) in [7, 11) is -7.75. The lowest BCUT2D eigenvalue weighted by Crippen LogP contribution is -2.54. The molecule has 0 aliphatic carbocycles. The number of imide groups is 1. The van der Waals surface area contributed by atoms with E-state index in [2.05, 4.69) is 0 Å². The number of carbonyl (C=O) groups is 3. The first kappa shape index (κ1) is 38.2. The van der Waals surface area contributed by atoms with Crippen molar-refractivity contribution >= 4 is 35.4 Å². The minimum Gasteiger partial charge on any atom is -0.480 e. The molecule has 1 fully saturated rings. The monoisotopic (exact) mass is 694 g/mol. The maximum atomic E-state index is 13.6. The van der Waals surface area contributed by atoms with Gasteiger partial charge >= 0.3 is 18.2 Å². The zero-order valence-corrected chi connectivity index (χ0v) is 29.9. The molecule has 1 unspecified atom stereocenters. The highest BCUT2D eigenvalue weighted by molar-refractivity contribution is 7.90. The summed E-state index contributed by atoms with van der Waals surface area (Å²) in [5.41, 5.74) is 0.148. The number of carboxylic acids is 1. The number of unbranched alkanes of at least 4 members (excludes halogenated alkanes) is 1. The standard InChI is InChI=1S/C33H47N2O10PS/c1-31(2,3)44-29(38)35(30(39)45-32(4,5)6)19-13-12-18-33(28(36)37)23-34(20-21-46(33,40)41)22-24-14-8-9-15-25(24)26-16-10-11-17-27(26)47(7,42)43/h8-11,14-17H,12-13,18-23H2,1-7H3,(H,36,37)(H,40,41)/t33-/m0/s1. The Morgan fingerprint density at radius 3 is 1.98 bits per heavy atom. The van der Waals surface area contributed by atoms with Crippen LogP contribution in [0.5, 0.6) is 0 Å². The van der Waals surface area contributed by atoms with Gasteiger partial charge in [0, 0.05) is 44.2 Å². The molecule has 0 spiro atoms. The Morgan fingerprint density at radius 2 is 1.45 bits per heavy atom. The van der Waals surface area contributed by atoms with E-state index in [4.69, 9.17) is 9.47 Å². The van der Waals surface area contributed by atoms with Crippen LogP contribution in [0.4, 0.5) is 9.59 Å². The summed E-state index contributed by atoms with van der Waals surface area (Å²) in [5, 5.41) is 8.43. The largest absolute Gasteiger partial charge is 0.480 e. The lowest BCUT2D eigenvalue weighted by molar-refractivity contribution is -0.141. The van der Waals surface area contributed by atoms with Crippen LogP contribution < -0.4 is 0 Å². The Balaban J connectivity index is 1.83. The van der Waals surface area contributed by atoms with Crippen LogP contribution in [-0.4, -0.2) is 94.8 Å². The number of hydrogen-bond acceptors (Lipinski definition) is 9. The van der Waals surface area contributed by atoms with Gasteiger partial charge in [0.05, 0.1) is 4.90 Å². The number of rotatable bonds is 10. The van der Waals surface area contributed by atoms with Gasteiger partial charge in [0.15, 0.2) is 15.0 Å². The van der Waals surface area contributed by atoms with Crippen molar-refractivity contribution in [3.05, 3.63) is 54.1 Å². The summed E-state index contributed by atoms with van der Waals surface area (Å²) in [4.78, 5) is 52.4. The molecule has 1 saturated heterocycles. The predicted molar refractivity (Wildman–Crippen MR) is 178 cm³/mol. The second-order valence-corrected chi connectivity index (χ2v) is 18.7. The Bertz CT molecular complexity index is 1600. The highest BCUT2D eigenvalue weighted by Gasteiger charge is 2.56. The smallest absolute Gasteiger partial charge is 0.419 e. The number of carboxylic acid groups (broad SMARTS) is 1. The molecule has 12 nitrogen and oxygen atoms in total. The number of amides is 2. The second kappa shape index (κ2) is 14.5. The number of ether oxygens (including phenoxy) is 2. The van der Waals surface area contributed by atoms with Crippen LogP contribution in [0.15, 0.2) is 53.4 Å².